The molecule has 48 heavy (non-hydrogen) atoms. The number of hydrogen-bond acceptors (Lipinski definition) is 4. The summed E-state index contributed by atoms with van der Waals surface area (Å²) < 4.78 is 0. The van der Waals surface area contributed by atoms with Crippen LogP contribution in [0.1, 0.15) is 49.7 Å². The molecule has 0 radical (unpaired) electrons. The van der Waals surface area contributed by atoms with Crippen molar-refractivity contribution in [3.8, 4) is 62.5 Å². The Balaban J connectivity index is 1.17. The lowest BCUT2D eigenvalue weighted by Crippen LogP contribution is -2.48. The Bertz CT molecular complexity index is 2050. The van der Waals surface area contributed by atoms with Gasteiger partial charge in [-0.3, -0.25) is 0 Å². The van der Waals surface area contributed by atoms with Gasteiger partial charge in [-0.05, 0) is 120 Å². The smallest absolute Gasteiger partial charge is 0.164 e. The molecular weight excluding hydrogens is 585 g/mol. The van der Waals surface area contributed by atoms with E-state index in [4.69, 9.17) is 15.0 Å². The summed E-state index contributed by atoms with van der Waals surface area (Å²) in [5.41, 5.74) is 9.77. The molecule has 10 rings (SSSR count). The molecule has 4 bridgehead atoms. The normalized spacial score (nSPS) is 22.4. The van der Waals surface area contributed by atoms with Crippen molar-refractivity contribution in [1.29, 1.82) is 5.26 Å². The van der Waals surface area contributed by atoms with Crippen molar-refractivity contribution in [3.05, 3.63) is 139 Å². The van der Waals surface area contributed by atoms with Gasteiger partial charge in [-0.15, -0.1) is 0 Å². The summed E-state index contributed by atoms with van der Waals surface area (Å²) >= 11 is 0. The van der Waals surface area contributed by atoms with Gasteiger partial charge in [0, 0.05) is 16.7 Å². The molecule has 5 aromatic carbocycles. The van der Waals surface area contributed by atoms with Crippen molar-refractivity contribution in [2.45, 2.75) is 43.9 Å². The number of nitrogens with zero attached hydrogens (tertiary/aromatic N) is 4. The number of benzene rings is 5. The van der Waals surface area contributed by atoms with Crippen LogP contribution < -0.4 is 0 Å². The highest BCUT2D eigenvalue weighted by Gasteiger charge is 2.51. The lowest BCUT2D eigenvalue weighted by atomic mass is 9.48. The highest BCUT2D eigenvalue weighted by molar-refractivity contribution is 5.80. The first-order valence-corrected chi connectivity index (χ1v) is 17.2. The minimum Gasteiger partial charge on any atom is -0.208 e. The summed E-state index contributed by atoms with van der Waals surface area (Å²) in [4.78, 5) is 15.0. The van der Waals surface area contributed by atoms with Gasteiger partial charge in [-0.1, -0.05) is 97.1 Å². The van der Waals surface area contributed by atoms with Gasteiger partial charge in [0.1, 0.15) is 0 Å². The molecule has 1 heterocycles. The van der Waals surface area contributed by atoms with E-state index in [1.54, 1.807) is 0 Å². The zero-order valence-corrected chi connectivity index (χ0v) is 26.9. The summed E-state index contributed by atoms with van der Waals surface area (Å²) in [7, 11) is 0. The fraction of sp³-hybridized carbons (Fsp3) is 0.227. The quantitative estimate of drug-likeness (QED) is 0.186. The Morgan fingerprint density at radius 3 is 1.33 bits per heavy atom. The van der Waals surface area contributed by atoms with Gasteiger partial charge in [0.05, 0.1) is 11.6 Å². The Morgan fingerprint density at radius 2 is 0.875 bits per heavy atom. The monoisotopic (exact) mass is 620 g/mol. The number of rotatable bonds is 6. The molecule has 0 amide bonds. The van der Waals surface area contributed by atoms with E-state index in [1.165, 1.54) is 49.7 Å². The number of aromatic nitrogens is 3. The van der Waals surface area contributed by atoms with E-state index in [1.807, 2.05) is 84.9 Å². The minimum absolute atomic E-state index is 0.370. The molecule has 0 unspecified atom stereocenters. The summed E-state index contributed by atoms with van der Waals surface area (Å²) in [6, 6.07) is 46.4. The van der Waals surface area contributed by atoms with Gasteiger partial charge >= 0.3 is 0 Å². The van der Waals surface area contributed by atoms with Crippen LogP contribution in [0.4, 0.5) is 0 Å². The summed E-state index contributed by atoms with van der Waals surface area (Å²) in [6.45, 7) is 0. The van der Waals surface area contributed by atoms with Crippen LogP contribution in [0.15, 0.2) is 127 Å². The molecule has 4 aliphatic rings. The summed E-state index contributed by atoms with van der Waals surface area (Å²) in [6.07, 6.45) is 8.46. The maximum absolute atomic E-state index is 9.44. The molecule has 0 N–H and O–H groups in total. The fourth-order valence-corrected chi connectivity index (χ4v) is 9.25. The predicted octanol–water partition coefficient (Wildman–Crippen LogP) is 10.5. The van der Waals surface area contributed by atoms with Gasteiger partial charge in [0.15, 0.2) is 17.5 Å². The minimum atomic E-state index is 0.370. The third-order valence-electron chi connectivity index (χ3n) is 11.1. The molecule has 0 spiro atoms. The molecule has 1 aromatic heterocycles. The van der Waals surface area contributed by atoms with E-state index >= 15 is 0 Å². The summed E-state index contributed by atoms with van der Waals surface area (Å²) in [5, 5.41) is 9.44. The maximum atomic E-state index is 9.44. The zero-order valence-electron chi connectivity index (χ0n) is 26.9. The second-order valence-corrected chi connectivity index (χ2v) is 14.3. The number of hydrogen-bond donors (Lipinski definition) is 0. The van der Waals surface area contributed by atoms with Crippen LogP contribution in [0.5, 0.6) is 0 Å². The van der Waals surface area contributed by atoms with E-state index in [0.29, 0.717) is 28.5 Å². The Hall–Kier alpha value is -5.40. The van der Waals surface area contributed by atoms with Crippen molar-refractivity contribution >= 4 is 0 Å². The zero-order chi connectivity index (χ0) is 32.1. The molecule has 0 atom stereocenters. The standard InChI is InChI=1S/C44H36N4/c45-28-29-11-13-33(14-12-29)37-22-38(34-15-17-40(18-16-34)44-25-30-19-31(26-44)21-32(20-30)27-44)24-39(23-37)43-47-41(35-7-3-1-4-8-35)46-42(48-43)36-9-5-2-6-10-36/h1-18,22-24,30-32H,19-21,25-27H2/t30-,31+,32?,44?. The lowest BCUT2D eigenvalue weighted by Gasteiger charge is -2.57. The average Bonchev–Trinajstić information content (AvgIpc) is 3.15. The van der Waals surface area contributed by atoms with Gasteiger partial charge in [-0.25, -0.2) is 15.0 Å². The second-order valence-electron chi connectivity index (χ2n) is 14.3. The average molecular weight is 621 g/mol. The molecular formula is C44H36N4. The van der Waals surface area contributed by atoms with Crippen LogP contribution in [0.25, 0.3) is 56.4 Å². The van der Waals surface area contributed by atoms with Crippen LogP contribution in [-0.4, -0.2) is 15.0 Å². The molecule has 0 saturated heterocycles. The number of nitriles is 1. The van der Waals surface area contributed by atoms with E-state index in [0.717, 1.165) is 51.1 Å². The van der Waals surface area contributed by atoms with Crippen LogP contribution >= 0.6 is 0 Å². The largest absolute Gasteiger partial charge is 0.208 e. The van der Waals surface area contributed by atoms with Gasteiger partial charge in [-0.2, -0.15) is 5.26 Å². The highest BCUT2D eigenvalue weighted by Crippen LogP contribution is 2.60. The third-order valence-corrected chi connectivity index (χ3v) is 11.1. The molecule has 4 nitrogen and oxygen atoms in total. The second kappa shape index (κ2) is 11.7. The molecule has 0 aliphatic heterocycles. The SMILES string of the molecule is N#Cc1ccc(-c2cc(-c3ccc(C45CC6C[C@H](C4)C[C@@H](C6)C5)cc3)cc(-c3nc(-c4ccccc4)nc(-c4ccccc4)n3)c2)cc1. The highest BCUT2D eigenvalue weighted by atomic mass is 15.0. The molecule has 4 saturated carbocycles. The predicted molar refractivity (Wildman–Crippen MR) is 192 cm³/mol. The topological polar surface area (TPSA) is 62.5 Å². The molecule has 4 fully saturated rings. The van der Waals surface area contributed by atoms with E-state index in [9.17, 15) is 5.26 Å². The Morgan fingerprint density at radius 1 is 0.458 bits per heavy atom. The molecule has 4 aliphatic carbocycles. The Labute approximate surface area is 282 Å². The van der Waals surface area contributed by atoms with E-state index < -0.39 is 0 Å². The maximum Gasteiger partial charge on any atom is 0.164 e. The molecule has 232 valence electrons. The van der Waals surface area contributed by atoms with Gasteiger partial charge in [0.2, 0.25) is 0 Å². The third kappa shape index (κ3) is 5.30. The first-order chi connectivity index (χ1) is 23.6. The lowest BCUT2D eigenvalue weighted by molar-refractivity contribution is -0.00518. The van der Waals surface area contributed by atoms with Crippen LogP contribution in [0, 0.1) is 29.1 Å². The van der Waals surface area contributed by atoms with Crippen molar-refractivity contribution < 1.29 is 0 Å². The van der Waals surface area contributed by atoms with E-state index in [-0.39, 0.29) is 0 Å². The first-order valence-electron chi connectivity index (χ1n) is 17.2. The fourth-order valence-electron chi connectivity index (χ4n) is 9.25. The molecule has 6 aromatic rings. The first kappa shape index (κ1) is 28.8. The van der Waals surface area contributed by atoms with Gasteiger partial charge < -0.3 is 0 Å². The summed E-state index contributed by atoms with van der Waals surface area (Å²) in [5.74, 6) is 4.68. The Kier molecular flexibility index (Phi) is 7.01. The van der Waals surface area contributed by atoms with Crippen molar-refractivity contribution in [3.63, 3.8) is 0 Å². The van der Waals surface area contributed by atoms with E-state index in [2.05, 4.69) is 48.5 Å². The van der Waals surface area contributed by atoms with Crippen molar-refractivity contribution in [2.75, 3.05) is 0 Å². The van der Waals surface area contributed by atoms with Crippen LogP contribution in [0.3, 0.4) is 0 Å². The van der Waals surface area contributed by atoms with Crippen LogP contribution in [0.2, 0.25) is 0 Å². The van der Waals surface area contributed by atoms with Gasteiger partial charge in [0.25, 0.3) is 0 Å². The van der Waals surface area contributed by atoms with Crippen LogP contribution in [-0.2, 0) is 5.41 Å². The molecule has 4 heteroatoms. The van der Waals surface area contributed by atoms with Crippen molar-refractivity contribution in [1.82, 2.24) is 15.0 Å². The van der Waals surface area contributed by atoms with Crippen molar-refractivity contribution in [2.24, 2.45) is 17.8 Å².